The number of hydrogen-bond acceptors (Lipinski definition) is 9. The van der Waals surface area contributed by atoms with E-state index < -0.39 is 17.9 Å². The number of amides is 1. The van der Waals surface area contributed by atoms with E-state index in [1.54, 1.807) is 36.4 Å². The lowest BCUT2D eigenvalue weighted by Crippen LogP contribution is -2.49. The highest BCUT2D eigenvalue weighted by Gasteiger charge is 2.34. The van der Waals surface area contributed by atoms with Gasteiger partial charge in [0.05, 0.1) is 13.2 Å². The van der Waals surface area contributed by atoms with Gasteiger partial charge in [0, 0.05) is 49.5 Å². The average Bonchev–Trinajstić information content (AvgIpc) is 3.37. The average molecular weight is 528 g/mol. The zero-order valence-corrected chi connectivity index (χ0v) is 20.6. The third-order valence-corrected chi connectivity index (χ3v) is 6.23. The van der Waals surface area contributed by atoms with Gasteiger partial charge in [-0.2, -0.15) is 13.2 Å². The van der Waals surface area contributed by atoms with Gasteiger partial charge in [0.2, 0.25) is 11.8 Å². The molecule has 1 aromatic carbocycles. The van der Waals surface area contributed by atoms with Crippen molar-refractivity contribution in [2.24, 2.45) is 5.73 Å². The van der Waals surface area contributed by atoms with Crippen molar-refractivity contribution in [3.63, 3.8) is 0 Å². The number of oxazole rings is 1. The van der Waals surface area contributed by atoms with Crippen LogP contribution >= 0.6 is 0 Å². The standard InChI is InChI=1S/C25H24F3N7O3/c1-14(29)21-20(23(36)34-10-12-35(13-11-34)24-30-8-3-9-31-24)33-22(38-21)16-4-6-17(37-2)19-15(16)5-7-18(32-19)25(26,27)28/h3-9,14H,10-13,29H2,1-2H3/t14-/m0/s1. The van der Waals surface area contributed by atoms with Crippen LogP contribution in [0.15, 0.2) is 47.1 Å². The van der Waals surface area contributed by atoms with E-state index in [1.807, 2.05) is 4.90 Å². The monoisotopic (exact) mass is 527 g/mol. The number of nitrogens with zero attached hydrogens (tertiary/aromatic N) is 6. The number of benzene rings is 1. The summed E-state index contributed by atoms with van der Waals surface area (Å²) in [5, 5.41) is 0.324. The molecule has 0 aliphatic carbocycles. The molecule has 2 N–H and O–H groups in total. The molecular formula is C25H24F3N7O3. The number of fused-ring (bicyclic) bond motifs is 1. The summed E-state index contributed by atoms with van der Waals surface area (Å²) in [6.07, 6.45) is -1.31. The number of anilines is 1. The zero-order chi connectivity index (χ0) is 27.0. The Morgan fingerprint density at radius 3 is 2.42 bits per heavy atom. The van der Waals surface area contributed by atoms with E-state index in [4.69, 9.17) is 14.9 Å². The molecule has 4 heterocycles. The molecule has 3 aromatic heterocycles. The highest BCUT2D eigenvalue weighted by atomic mass is 19.4. The number of carbonyl (C=O) groups is 1. The van der Waals surface area contributed by atoms with Gasteiger partial charge in [0.25, 0.3) is 5.91 Å². The van der Waals surface area contributed by atoms with Crippen LogP contribution in [0, 0.1) is 0 Å². The van der Waals surface area contributed by atoms with Gasteiger partial charge in [-0.25, -0.2) is 19.9 Å². The van der Waals surface area contributed by atoms with Crippen molar-refractivity contribution >= 4 is 22.8 Å². The summed E-state index contributed by atoms with van der Waals surface area (Å²) in [7, 11) is 1.34. The van der Waals surface area contributed by atoms with E-state index in [1.165, 1.54) is 19.2 Å². The van der Waals surface area contributed by atoms with Crippen LogP contribution in [0.4, 0.5) is 19.1 Å². The van der Waals surface area contributed by atoms with Gasteiger partial charge in [-0.1, -0.05) is 0 Å². The zero-order valence-electron chi connectivity index (χ0n) is 20.6. The third kappa shape index (κ3) is 4.72. The van der Waals surface area contributed by atoms with E-state index in [2.05, 4.69) is 19.9 Å². The molecule has 0 bridgehead atoms. The summed E-state index contributed by atoms with van der Waals surface area (Å²) >= 11 is 0. The van der Waals surface area contributed by atoms with Crippen molar-refractivity contribution in [2.75, 3.05) is 38.2 Å². The SMILES string of the molecule is COc1ccc(-c2nc(C(=O)N3CCN(c4ncccn4)CC3)c([C@H](C)N)o2)c2ccc(C(F)(F)F)nc12. The maximum Gasteiger partial charge on any atom is 0.433 e. The van der Waals surface area contributed by atoms with Crippen molar-refractivity contribution in [1.29, 1.82) is 0 Å². The largest absolute Gasteiger partial charge is 0.494 e. The molecule has 1 aliphatic rings. The Morgan fingerprint density at radius 1 is 1.08 bits per heavy atom. The van der Waals surface area contributed by atoms with Crippen molar-refractivity contribution in [3.05, 3.63) is 59.9 Å². The molecule has 1 atom stereocenters. The highest BCUT2D eigenvalue weighted by molar-refractivity contribution is 5.98. The van der Waals surface area contributed by atoms with Crippen LogP contribution < -0.4 is 15.4 Å². The van der Waals surface area contributed by atoms with Crippen molar-refractivity contribution in [3.8, 4) is 17.2 Å². The van der Waals surface area contributed by atoms with Crippen LogP contribution in [0.5, 0.6) is 5.75 Å². The molecule has 0 saturated carbocycles. The number of methoxy groups -OCH3 is 1. The van der Waals surface area contributed by atoms with E-state index in [-0.39, 0.29) is 34.5 Å². The van der Waals surface area contributed by atoms with Crippen LogP contribution in [0.1, 0.15) is 34.9 Å². The van der Waals surface area contributed by atoms with E-state index in [9.17, 15) is 18.0 Å². The first-order chi connectivity index (χ1) is 18.2. The summed E-state index contributed by atoms with van der Waals surface area (Å²) in [6.45, 7) is 3.55. The van der Waals surface area contributed by atoms with E-state index >= 15 is 0 Å². The number of ether oxygens (including phenoxy) is 1. The Morgan fingerprint density at radius 2 is 1.79 bits per heavy atom. The molecule has 1 fully saturated rings. The van der Waals surface area contributed by atoms with Crippen LogP contribution in [0.2, 0.25) is 0 Å². The molecule has 198 valence electrons. The predicted octanol–water partition coefficient (Wildman–Crippen LogP) is 3.69. The molecule has 13 heteroatoms. The molecule has 10 nitrogen and oxygen atoms in total. The lowest BCUT2D eigenvalue weighted by molar-refractivity contribution is -0.140. The van der Waals surface area contributed by atoms with E-state index in [0.29, 0.717) is 43.1 Å². The minimum absolute atomic E-state index is 0.00694. The fraction of sp³-hybridized carbons (Fsp3) is 0.320. The van der Waals surface area contributed by atoms with Gasteiger partial charge in [-0.3, -0.25) is 4.79 Å². The molecule has 1 saturated heterocycles. The number of rotatable bonds is 5. The number of carbonyl (C=O) groups excluding carboxylic acids is 1. The summed E-state index contributed by atoms with van der Waals surface area (Å²) in [5.74, 6) is 0.628. The fourth-order valence-corrected chi connectivity index (χ4v) is 4.32. The van der Waals surface area contributed by atoms with Gasteiger partial charge in [-0.15, -0.1) is 0 Å². The number of pyridine rings is 1. The number of alkyl halides is 3. The molecule has 1 aliphatic heterocycles. The summed E-state index contributed by atoms with van der Waals surface area (Å²) in [4.78, 5) is 33.8. The number of nitrogens with two attached hydrogens (primary N) is 1. The quantitative estimate of drug-likeness (QED) is 0.414. The topological polar surface area (TPSA) is 124 Å². The second kappa shape index (κ2) is 9.89. The first-order valence-corrected chi connectivity index (χ1v) is 11.8. The Kier molecular flexibility index (Phi) is 6.61. The lowest BCUT2D eigenvalue weighted by atomic mass is 10.1. The maximum atomic E-state index is 13.5. The summed E-state index contributed by atoms with van der Waals surface area (Å²) in [5.41, 5.74) is 5.46. The third-order valence-electron chi connectivity index (χ3n) is 6.23. The first kappa shape index (κ1) is 25.4. The predicted molar refractivity (Wildman–Crippen MR) is 132 cm³/mol. The van der Waals surface area contributed by atoms with E-state index in [0.717, 1.165) is 6.07 Å². The first-order valence-electron chi connectivity index (χ1n) is 11.8. The Labute approximate surface area is 215 Å². The molecule has 0 unspecified atom stereocenters. The maximum absolute atomic E-state index is 13.5. The summed E-state index contributed by atoms with van der Waals surface area (Å²) in [6, 6.07) is 6.31. The Bertz CT molecular complexity index is 1470. The van der Waals surface area contributed by atoms with Crippen LogP contribution in [-0.4, -0.2) is 64.0 Å². The highest BCUT2D eigenvalue weighted by Crippen LogP contribution is 2.37. The van der Waals surface area contributed by atoms with Crippen molar-refractivity contribution < 1.29 is 27.1 Å². The second-order valence-electron chi connectivity index (χ2n) is 8.75. The van der Waals surface area contributed by atoms with Crippen molar-refractivity contribution in [1.82, 2.24) is 24.8 Å². The lowest BCUT2D eigenvalue weighted by Gasteiger charge is -2.34. The molecule has 0 radical (unpaired) electrons. The number of hydrogen-bond donors (Lipinski definition) is 1. The van der Waals surface area contributed by atoms with Gasteiger partial charge in [-0.05, 0) is 37.3 Å². The molecule has 5 rings (SSSR count). The Balaban J connectivity index is 1.48. The smallest absolute Gasteiger partial charge is 0.433 e. The molecule has 0 spiro atoms. The minimum atomic E-state index is -4.63. The normalized spacial score (nSPS) is 15.1. The second-order valence-corrected chi connectivity index (χ2v) is 8.75. The van der Waals surface area contributed by atoms with Crippen molar-refractivity contribution in [2.45, 2.75) is 19.1 Å². The van der Waals surface area contributed by atoms with Crippen LogP contribution in [0.25, 0.3) is 22.4 Å². The fourth-order valence-electron chi connectivity index (χ4n) is 4.32. The molecule has 38 heavy (non-hydrogen) atoms. The number of halogens is 3. The van der Waals surface area contributed by atoms with Gasteiger partial charge in [0.1, 0.15) is 17.0 Å². The van der Waals surface area contributed by atoms with Crippen LogP contribution in [-0.2, 0) is 6.18 Å². The van der Waals surface area contributed by atoms with Gasteiger partial charge >= 0.3 is 6.18 Å². The van der Waals surface area contributed by atoms with Gasteiger partial charge < -0.3 is 24.7 Å². The molecule has 1 amide bonds. The molecular weight excluding hydrogens is 503 g/mol. The van der Waals surface area contributed by atoms with Gasteiger partial charge in [0.15, 0.2) is 11.5 Å². The van der Waals surface area contributed by atoms with Crippen LogP contribution in [0.3, 0.4) is 0 Å². The minimum Gasteiger partial charge on any atom is -0.494 e. The number of piperazine rings is 1. The molecule has 4 aromatic rings. The number of aromatic nitrogens is 4. The Hall–Kier alpha value is -4.26. The summed E-state index contributed by atoms with van der Waals surface area (Å²) < 4.78 is 51.1.